The molecule has 0 saturated carbocycles. The third kappa shape index (κ3) is 4.29. The van der Waals surface area contributed by atoms with Crippen LogP contribution in [-0.4, -0.2) is 40.1 Å². The largest absolute Gasteiger partial charge is 0.376 e. The van der Waals surface area contributed by atoms with Gasteiger partial charge in [-0.3, -0.25) is 9.67 Å². The molecule has 1 saturated heterocycles. The summed E-state index contributed by atoms with van der Waals surface area (Å²) in [7, 11) is 1.87. The molecular weight excluding hydrogens is 294 g/mol. The van der Waals surface area contributed by atoms with E-state index in [9.17, 15) is 4.79 Å². The Morgan fingerprint density at radius 3 is 2.96 bits per heavy atom. The Kier molecular flexibility index (Phi) is 4.87. The Hall–Kier alpha value is -2.41. The van der Waals surface area contributed by atoms with Crippen LogP contribution >= 0.6 is 0 Å². The highest BCUT2D eigenvalue weighted by Gasteiger charge is 2.15. The molecular formula is C16H21N5O2. The molecule has 1 aliphatic heterocycles. The first-order chi connectivity index (χ1) is 11.2. The number of nitrogens with one attached hydrogen (secondary N) is 2. The topological polar surface area (TPSA) is 81.1 Å². The molecule has 0 aromatic carbocycles. The summed E-state index contributed by atoms with van der Waals surface area (Å²) in [5.74, 6) is 0. The van der Waals surface area contributed by atoms with Gasteiger partial charge in [-0.1, -0.05) is 6.07 Å². The van der Waals surface area contributed by atoms with E-state index in [1.807, 2.05) is 25.4 Å². The average Bonchev–Trinajstić information content (AvgIpc) is 3.23. The number of rotatable bonds is 5. The number of aromatic nitrogens is 3. The fourth-order valence-corrected chi connectivity index (χ4v) is 2.51. The minimum absolute atomic E-state index is 0.154. The van der Waals surface area contributed by atoms with Crippen LogP contribution in [-0.2, 0) is 18.3 Å². The van der Waals surface area contributed by atoms with Gasteiger partial charge < -0.3 is 15.4 Å². The van der Waals surface area contributed by atoms with Crippen LogP contribution in [0.2, 0.25) is 0 Å². The molecule has 2 N–H and O–H groups in total. The molecule has 1 fully saturated rings. The van der Waals surface area contributed by atoms with Gasteiger partial charge in [0.15, 0.2) is 0 Å². The van der Waals surface area contributed by atoms with E-state index in [-0.39, 0.29) is 12.1 Å². The lowest BCUT2D eigenvalue weighted by Gasteiger charge is -2.11. The van der Waals surface area contributed by atoms with Crippen LogP contribution in [0.1, 0.15) is 18.4 Å². The third-order valence-electron chi connectivity index (χ3n) is 3.79. The number of hydrogen-bond donors (Lipinski definition) is 2. The zero-order valence-electron chi connectivity index (χ0n) is 13.2. The first-order valence-electron chi connectivity index (χ1n) is 7.78. The second kappa shape index (κ2) is 7.23. The van der Waals surface area contributed by atoms with Crippen molar-refractivity contribution in [3.05, 3.63) is 36.3 Å². The molecule has 0 radical (unpaired) electrons. The molecule has 0 aliphatic carbocycles. The summed E-state index contributed by atoms with van der Waals surface area (Å²) in [6.45, 7) is 1.80. The van der Waals surface area contributed by atoms with Gasteiger partial charge in [0.1, 0.15) is 0 Å². The third-order valence-corrected chi connectivity index (χ3v) is 3.79. The lowest BCUT2D eigenvalue weighted by atomic mass is 10.2. The van der Waals surface area contributed by atoms with Crippen molar-refractivity contribution in [3.63, 3.8) is 0 Å². The summed E-state index contributed by atoms with van der Waals surface area (Å²) in [6.07, 6.45) is 7.70. The Morgan fingerprint density at radius 1 is 1.39 bits per heavy atom. The van der Waals surface area contributed by atoms with Crippen LogP contribution in [0.15, 0.2) is 30.7 Å². The molecule has 0 unspecified atom stereocenters. The molecule has 7 heteroatoms. The second-order valence-corrected chi connectivity index (χ2v) is 5.65. The standard InChI is InChI=1S/C16H21N5O2/c1-21-11-13(9-20-21)15-5-4-12(7-17-15)8-18-16(22)19-10-14-3-2-6-23-14/h4-5,7,9,11,14H,2-3,6,8,10H2,1H3,(H2,18,19,22)/t14-/m0/s1. The highest BCUT2D eigenvalue weighted by Crippen LogP contribution is 2.15. The van der Waals surface area contributed by atoms with Gasteiger partial charge in [0.25, 0.3) is 0 Å². The highest BCUT2D eigenvalue weighted by atomic mass is 16.5. The zero-order chi connectivity index (χ0) is 16.1. The molecule has 0 spiro atoms. The molecule has 2 aromatic heterocycles. The van der Waals surface area contributed by atoms with E-state index in [0.717, 1.165) is 36.3 Å². The fraction of sp³-hybridized carbons (Fsp3) is 0.438. The number of pyridine rings is 1. The quantitative estimate of drug-likeness (QED) is 0.875. The number of carbonyl (C=O) groups is 1. The molecule has 3 rings (SSSR count). The molecule has 7 nitrogen and oxygen atoms in total. The minimum atomic E-state index is -0.183. The minimum Gasteiger partial charge on any atom is -0.376 e. The Balaban J connectivity index is 1.45. The van der Waals surface area contributed by atoms with Crippen LogP contribution in [0.25, 0.3) is 11.3 Å². The van der Waals surface area contributed by atoms with Gasteiger partial charge in [0, 0.05) is 44.7 Å². The Labute approximate surface area is 135 Å². The Bertz CT molecular complexity index is 647. The summed E-state index contributed by atoms with van der Waals surface area (Å²) in [6, 6.07) is 3.70. The van der Waals surface area contributed by atoms with Gasteiger partial charge in [-0.2, -0.15) is 5.10 Å². The van der Waals surface area contributed by atoms with E-state index in [2.05, 4.69) is 20.7 Å². The number of urea groups is 1. The maximum atomic E-state index is 11.8. The summed E-state index contributed by atoms with van der Waals surface area (Å²) < 4.78 is 7.20. The number of ether oxygens (including phenoxy) is 1. The fourth-order valence-electron chi connectivity index (χ4n) is 2.51. The summed E-state index contributed by atoms with van der Waals surface area (Å²) in [5, 5.41) is 9.78. The van der Waals surface area contributed by atoms with Crippen molar-refractivity contribution in [1.29, 1.82) is 0 Å². The van der Waals surface area contributed by atoms with Gasteiger partial charge in [0.2, 0.25) is 0 Å². The zero-order valence-corrected chi connectivity index (χ0v) is 13.2. The average molecular weight is 315 g/mol. The second-order valence-electron chi connectivity index (χ2n) is 5.65. The molecule has 0 bridgehead atoms. The van der Waals surface area contributed by atoms with Crippen molar-refractivity contribution in [1.82, 2.24) is 25.4 Å². The maximum absolute atomic E-state index is 11.8. The molecule has 1 atom stereocenters. The van der Waals surface area contributed by atoms with E-state index in [1.165, 1.54) is 0 Å². The van der Waals surface area contributed by atoms with Crippen molar-refractivity contribution >= 4 is 6.03 Å². The van der Waals surface area contributed by atoms with Gasteiger partial charge in [0.05, 0.1) is 18.0 Å². The molecule has 1 aliphatic rings. The van der Waals surface area contributed by atoms with Crippen molar-refractivity contribution in [2.45, 2.75) is 25.5 Å². The van der Waals surface area contributed by atoms with Crippen LogP contribution in [0.5, 0.6) is 0 Å². The smallest absolute Gasteiger partial charge is 0.315 e. The van der Waals surface area contributed by atoms with E-state index in [1.54, 1.807) is 17.1 Å². The van der Waals surface area contributed by atoms with Crippen molar-refractivity contribution < 1.29 is 9.53 Å². The predicted octanol–water partition coefficient (Wildman–Crippen LogP) is 1.46. The number of aryl methyl sites for hydroxylation is 1. The maximum Gasteiger partial charge on any atom is 0.315 e. The SMILES string of the molecule is Cn1cc(-c2ccc(CNC(=O)NC[C@@H]3CCCO3)cn2)cn1. The van der Waals surface area contributed by atoms with Crippen LogP contribution in [0, 0.1) is 0 Å². The van der Waals surface area contributed by atoms with E-state index < -0.39 is 0 Å². The first kappa shape index (κ1) is 15.5. The number of nitrogens with zero attached hydrogens (tertiary/aromatic N) is 3. The van der Waals surface area contributed by atoms with Crippen LogP contribution in [0.3, 0.4) is 0 Å². The summed E-state index contributed by atoms with van der Waals surface area (Å²) in [5.41, 5.74) is 2.79. The van der Waals surface area contributed by atoms with Crippen molar-refractivity contribution in [2.75, 3.05) is 13.2 Å². The summed E-state index contributed by atoms with van der Waals surface area (Å²) in [4.78, 5) is 16.2. The number of amides is 2. The van der Waals surface area contributed by atoms with E-state index in [4.69, 9.17) is 4.74 Å². The van der Waals surface area contributed by atoms with Gasteiger partial charge in [-0.05, 0) is 24.5 Å². The van der Waals surface area contributed by atoms with E-state index in [0.29, 0.717) is 13.1 Å². The van der Waals surface area contributed by atoms with Gasteiger partial charge in [-0.15, -0.1) is 0 Å². The lowest BCUT2D eigenvalue weighted by molar-refractivity contribution is 0.111. The van der Waals surface area contributed by atoms with Crippen LogP contribution in [0.4, 0.5) is 4.79 Å². The Morgan fingerprint density at radius 2 is 2.30 bits per heavy atom. The molecule has 3 heterocycles. The summed E-state index contributed by atoms with van der Waals surface area (Å²) >= 11 is 0. The van der Waals surface area contributed by atoms with Crippen LogP contribution < -0.4 is 10.6 Å². The van der Waals surface area contributed by atoms with Gasteiger partial charge in [-0.25, -0.2) is 4.79 Å². The van der Waals surface area contributed by atoms with Gasteiger partial charge >= 0.3 is 6.03 Å². The lowest BCUT2D eigenvalue weighted by Crippen LogP contribution is -2.39. The molecule has 23 heavy (non-hydrogen) atoms. The number of carbonyl (C=O) groups excluding carboxylic acids is 1. The van der Waals surface area contributed by atoms with Crippen molar-refractivity contribution in [2.24, 2.45) is 7.05 Å². The molecule has 2 amide bonds. The predicted molar refractivity (Wildman–Crippen MR) is 85.7 cm³/mol. The molecule has 122 valence electrons. The van der Waals surface area contributed by atoms with Crippen molar-refractivity contribution in [3.8, 4) is 11.3 Å². The highest BCUT2D eigenvalue weighted by molar-refractivity contribution is 5.73. The monoisotopic (exact) mass is 315 g/mol. The van der Waals surface area contributed by atoms with E-state index >= 15 is 0 Å². The first-order valence-corrected chi connectivity index (χ1v) is 7.78. The normalized spacial score (nSPS) is 17.2. The number of hydrogen-bond acceptors (Lipinski definition) is 4. The molecule has 2 aromatic rings.